The van der Waals surface area contributed by atoms with Crippen molar-refractivity contribution in [2.24, 2.45) is 5.41 Å². The van der Waals surface area contributed by atoms with Gasteiger partial charge in [-0.05, 0) is 12.3 Å². The molecule has 0 aromatic rings. The summed E-state index contributed by atoms with van der Waals surface area (Å²) >= 11 is 0. The maximum absolute atomic E-state index is 11.2. The van der Waals surface area contributed by atoms with Crippen LogP contribution in [-0.2, 0) is 14.8 Å². The lowest BCUT2D eigenvalue weighted by molar-refractivity contribution is -0.141. The maximum atomic E-state index is 11.2. The fourth-order valence-electron chi connectivity index (χ4n) is 0.861. The Balaban J connectivity index is 4.83. The van der Waals surface area contributed by atoms with Gasteiger partial charge in [0.1, 0.15) is 6.04 Å². The highest BCUT2D eigenvalue weighted by molar-refractivity contribution is 7.89. The van der Waals surface area contributed by atoms with E-state index in [4.69, 9.17) is 5.11 Å². The Bertz CT molecular complexity index is 302. The molecule has 1 atom stereocenters. The summed E-state index contributed by atoms with van der Waals surface area (Å²) in [4.78, 5) is 10.8. The first kappa shape index (κ1) is 13.4. The number of hydrogen-bond acceptors (Lipinski definition) is 3. The molecule has 0 unspecified atom stereocenters. The monoisotopic (exact) mass is 223 g/mol. The molecule has 2 N–H and O–H groups in total. The van der Waals surface area contributed by atoms with Crippen molar-refractivity contribution < 1.29 is 18.3 Å². The van der Waals surface area contributed by atoms with E-state index in [0.29, 0.717) is 0 Å². The van der Waals surface area contributed by atoms with Gasteiger partial charge in [0, 0.05) is 0 Å². The second-order valence-electron chi connectivity index (χ2n) is 4.16. The normalized spacial score (nSPS) is 15.1. The summed E-state index contributed by atoms with van der Waals surface area (Å²) in [5.74, 6) is -1.28. The van der Waals surface area contributed by atoms with Crippen LogP contribution in [0.1, 0.15) is 27.7 Å². The zero-order valence-electron chi connectivity index (χ0n) is 8.86. The molecule has 14 heavy (non-hydrogen) atoms. The Morgan fingerprint density at radius 2 is 1.86 bits per heavy atom. The topological polar surface area (TPSA) is 83.5 Å². The van der Waals surface area contributed by atoms with E-state index in [1.54, 1.807) is 20.8 Å². The molecule has 0 saturated heterocycles. The lowest BCUT2D eigenvalue weighted by Gasteiger charge is -2.27. The van der Waals surface area contributed by atoms with Crippen LogP contribution < -0.4 is 4.72 Å². The Morgan fingerprint density at radius 3 is 2.07 bits per heavy atom. The van der Waals surface area contributed by atoms with E-state index in [2.05, 4.69) is 4.72 Å². The van der Waals surface area contributed by atoms with Gasteiger partial charge in [0.25, 0.3) is 0 Å². The van der Waals surface area contributed by atoms with Gasteiger partial charge in [0.2, 0.25) is 10.0 Å². The van der Waals surface area contributed by atoms with Crippen molar-refractivity contribution in [2.75, 3.05) is 5.75 Å². The van der Waals surface area contributed by atoms with Crippen molar-refractivity contribution in [1.82, 2.24) is 4.72 Å². The number of hydrogen-bond donors (Lipinski definition) is 2. The van der Waals surface area contributed by atoms with Crippen LogP contribution in [0.25, 0.3) is 0 Å². The fraction of sp³-hybridized carbons (Fsp3) is 0.875. The number of carbonyl (C=O) groups is 1. The summed E-state index contributed by atoms with van der Waals surface area (Å²) in [7, 11) is -3.48. The van der Waals surface area contributed by atoms with E-state index in [9.17, 15) is 13.2 Å². The van der Waals surface area contributed by atoms with E-state index in [-0.39, 0.29) is 5.75 Å². The van der Waals surface area contributed by atoms with Crippen molar-refractivity contribution in [1.29, 1.82) is 0 Å². The molecule has 5 nitrogen and oxygen atoms in total. The Morgan fingerprint density at radius 1 is 1.43 bits per heavy atom. The van der Waals surface area contributed by atoms with E-state index < -0.39 is 27.4 Å². The molecule has 0 saturated carbocycles. The molecule has 84 valence electrons. The van der Waals surface area contributed by atoms with E-state index in [1.807, 2.05) is 0 Å². The third kappa shape index (κ3) is 4.06. The molecular weight excluding hydrogens is 206 g/mol. The number of aliphatic carboxylic acids is 1. The van der Waals surface area contributed by atoms with Gasteiger partial charge in [-0.1, -0.05) is 20.8 Å². The molecule has 0 spiro atoms. The standard InChI is InChI=1S/C8H17NO4S/c1-5-14(12,13)9-6(7(10)11)8(2,3)4/h6,9H,5H2,1-4H3,(H,10,11)/t6-/m0/s1. The third-order valence-electron chi connectivity index (χ3n) is 1.79. The SMILES string of the molecule is CCS(=O)(=O)N[C@@H](C(=O)O)C(C)(C)C. The van der Waals surface area contributed by atoms with Crippen molar-refractivity contribution in [2.45, 2.75) is 33.7 Å². The maximum Gasteiger partial charge on any atom is 0.322 e. The van der Waals surface area contributed by atoms with Crippen molar-refractivity contribution in [3.05, 3.63) is 0 Å². The quantitative estimate of drug-likeness (QED) is 0.723. The molecule has 6 heteroatoms. The van der Waals surface area contributed by atoms with Gasteiger partial charge in [-0.3, -0.25) is 4.79 Å². The lowest BCUT2D eigenvalue weighted by atomic mass is 9.88. The molecular formula is C8H17NO4S. The minimum absolute atomic E-state index is 0.118. The predicted molar refractivity (Wildman–Crippen MR) is 53.5 cm³/mol. The molecule has 0 rings (SSSR count). The van der Waals surface area contributed by atoms with Gasteiger partial charge in [-0.25, -0.2) is 13.1 Å². The number of carboxylic acid groups (broad SMARTS) is 1. The number of sulfonamides is 1. The number of rotatable bonds is 4. The molecule has 0 aliphatic carbocycles. The first-order valence-electron chi connectivity index (χ1n) is 4.33. The number of nitrogens with one attached hydrogen (secondary N) is 1. The van der Waals surface area contributed by atoms with E-state index >= 15 is 0 Å². The molecule has 0 heterocycles. The highest BCUT2D eigenvalue weighted by atomic mass is 32.2. The molecule has 0 radical (unpaired) electrons. The minimum Gasteiger partial charge on any atom is -0.480 e. The largest absolute Gasteiger partial charge is 0.480 e. The van der Waals surface area contributed by atoms with Crippen molar-refractivity contribution in [3.8, 4) is 0 Å². The average molecular weight is 223 g/mol. The first-order chi connectivity index (χ1) is 6.10. The highest BCUT2D eigenvalue weighted by Gasteiger charge is 2.34. The van der Waals surface area contributed by atoms with Crippen molar-refractivity contribution in [3.63, 3.8) is 0 Å². The van der Waals surface area contributed by atoms with Gasteiger partial charge in [0.15, 0.2) is 0 Å². The van der Waals surface area contributed by atoms with Gasteiger partial charge >= 0.3 is 5.97 Å². The van der Waals surface area contributed by atoms with Crippen LogP contribution in [0.2, 0.25) is 0 Å². The Hall–Kier alpha value is -0.620. The highest BCUT2D eigenvalue weighted by Crippen LogP contribution is 2.20. The Kier molecular flexibility index (Phi) is 4.08. The van der Waals surface area contributed by atoms with E-state index in [1.165, 1.54) is 6.92 Å². The first-order valence-corrected chi connectivity index (χ1v) is 5.98. The molecule has 0 aromatic carbocycles. The number of carboxylic acids is 1. The van der Waals surface area contributed by atoms with Crippen LogP contribution in [0.3, 0.4) is 0 Å². The minimum atomic E-state index is -3.48. The molecule has 0 aliphatic heterocycles. The third-order valence-corrected chi connectivity index (χ3v) is 3.15. The van der Waals surface area contributed by atoms with Gasteiger partial charge < -0.3 is 5.11 Å². The predicted octanol–water partition coefficient (Wildman–Crippen LogP) is 0.425. The average Bonchev–Trinajstić information content (AvgIpc) is 1.98. The van der Waals surface area contributed by atoms with Crippen LogP contribution in [0, 0.1) is 5.41 Å². The van der Waals surface area contributed by atoms with Crippen molar-refractivity contribution >= 4 is 16.0 Å². The molecule has 0 aliphatic rings. The summed E-state index contributed by atoms with van der Waals surface area (Å²) in [6.07, 6.45) is 0. The van der Waals surface area contributed by atoms with Crippen LogP contribution in [0.5, 0.6) is 0 Å². The molecule has 0 aromatic heterocycles. The summed E-state index contributed by atoms with van der Waals surface area (Å²) in [6, 6.07) is -1.09. The van der Waals surface area contributed by atoms with Gasteiger partial charge in [-0.15, -0.1) is 0 Å². The summed E-state index contributed by atoms with van der Waals surface area (Å²) < 4.78 is 24.5. The lowest BCUT2D eigenvalue weighted by Crippen LogP contribution is -2.49. The second-order valence-corrected chi connectivity index (χ2v) is 6.20. The van der Waals surface area contributed by atoms with Gasteiger partial charge in [-0.2, -0.15) is 0 Å². The zero-order chi connectivity index (χ0) is 11.6. The zero-order valence-corrected chi connectivity index (χ0v) is 9.68. The Labute approximate surface area is 84.6 Å². The summed E-state index contributed by atoms with van der Waals surface area (Å²) in [5.41, 5.74) is -0.645. The van der Waals surface area contributed by atoms with Crippen LogP contribution in [0.15, 0.2) is 0 Å². The second kappa shape index (κ2) is 4.27. The summed E-state index contributed by atoms with van der Waals surface area (Å²) in [6.45, 7) is 6.47. The smallest absolute Gasteiger partial charge is 0.322 e. The van der Waals surface area contributed by atoms with E-state index in [0.717, 1.165) is 0 Å². The fourth-order valence-corrected chi connectivity index (χ4v) is 1.84. The van der Waals surface area contributed by atoms with Crippen LogP contribution in [-0.4, -0.2) is 31.3 Å². The van der Waals surface area contributed by atoms with Crippen LogP contribution in [0.4, 0.5) is 0 Å². The summed E-state index contributed by atoms with van der Waals surface area (Å²) in [5, 5.41) is 8.84. The van der Waals surface area contributed by atoms with Gasteiger partial charge in [0.05, 0.1) is 5.75 Å². The molecule has 0 fully saturated rings. The molecule has 0 bridgehead atoms. The molecule has 0 amide bonds. The van der Waals surface area contributed by atoms with Crippen LogP contribution >= 0.6 is 0 Å².